The van der Waals surface area contributed by atoms with Crippen molar-refractivity contribution in [2.75, 3.05) is 31.6 Å². The number of anilines is 2. The SMILES string of the molecule is CC(C)(O)[C@H](F)Cc1nccc(Nc2cnn([C@@H]3CCN(C4COC4)C3)c2)c1C(N)=O. The van der Waals surface area contributed by atoms with E-state index in [-0.39, 0.29) is 23.7 Å². The molecule has 0 bridgehead atoms. The lowest BCUT2D eigenvalue weighted by Crippen LogP contribution is -2.47. The van der Waals surface area contributed by atoms with E-state index in [0.29, 0.717) is 17.4 Å². The number of ether oxygens (including phenoxy) is 1. The zero-order valence-corrected chi connectivity index (χ0v) is 17.8. The summed E-state index contributed by atoms with van der Waals surface area (Å²) >= 11 is 0. The van der Waals surface area contributed by atoms with Crippen molar-refractivity contribution in [2.45, 2.75) is 50.5 Å². The van der Waals surface area contributed by atoms with E-state index in [2.05, 4.69) is 20.3 Å². The van der Waals surface area contributed by atoms with Crippen LogP contribution in [-0.4, -0.2) is 74.8 Å². The minimum absolute atomic E-state index is 0.110. The second-order valence-electron chi connectivity index (χ2n) is 8.83. The largest absolute Gasteiger partial charge is 0.387 e. The lowest BCUT2D eigenvalue weighted by Gasteiger charge is -2.34. The predicted molar refractivity (Wildman–Crippen MR) is 113 cm³/mol. The number of pyridine rings is 1. The highest BCUT2D eigenvalue weighted by Gasteiger charge is 2.33. The minimum Gasteiger partial charge on any atom is -0.387 e. The molecule has 4 heterocycles. The fourth-order valence-corrected chi connectivity index (χ4v) is 3.97. The highest BCUT2D eigenvalue weighted by Crippen LogP contribution is 2.28. The van der Waals surface area contributed by atoms with Gasteiger partial charge in [-0.25, -0.2) is 4.39 Å². The van der Waals surface area contributed by atoms with E-state index in [1.54, 1.807) is 12.3 Å². The van der Waals surface area contributed by atoms with E-state index in [4.69, 9.17) is 10.5 Å². The Hall–Kier alpha value is -2.56. The molecule has 31 heavy (non-hydrogen) atoms. The lowest BCUT2D eigenvalue weighted by atomic mass is 9.96. The Morgan fingerprint density at radius 1 is 1.45 bits per heavy atom. The highest BCUT2D eigenvalue weighted by atomic mass is 19.1. The van der Waals surface area contributed by atoms with Gasteiger partial charge in [0.25, 0.3) is 5.91 Å². The van der Waals surface area contributed by atoms with Gasteiger partial charge in [0.15, 0.2) is 0 Å². The van der Waals surface area contributed by atoms with Crippen molar-refractivity contribution in [3.8, 4) is 0 Å². The van der Waals surface area contributed by atoms with Crippen molar-refractivity contribution in [3.05, 3.63) is 35.9 Å². The number of carbonyl (C=O) groups is 1. The van der Waals surface area contributed by atoms with Crippen molar-refractivity contribution in [3.63, 3.8) is 0 Å². The van der Waals surface area contributed by atoms with Crippen molar-refractivity contribution < 1.29 is 19.0 Å². The van der Waals surface area contributed by atoms with Gasteiger partial charge in [0.05, 0.1) is 59.7 Å². The molecule has 0 radical (unpaired) electrons. The summed E-state index contributed by atoms with van der Waals surface area (Å²) < 4.78 is 21.6. The molecule has 10 heteroatoms. The summed E-state index contributed by atoms with van der Waals surface area (Å²) in [5, 5.41) is 17.5. The Labute approximate surface area is 180 Å². The zero-order valence-electron chi connectivity index (χ0n) is 17.8. The third-order valence-electron chi connectivity index (χ3n) is 6.00. The Morgan fingerprint density at radius 2 is 2.23 bits per heavy atom. The van der Waals surface area contributed by atoms with Gasteiger partial charge in [0.1, 0.15) is 6.17 Å². The molecule has 2 aliphatic heterocycles. The number of amides is 1. The van der Waals surface area contributed by atoms with E-state index in [1.807, 2.05) is 10.9 Å². The number of carbonyl (C=O) groups excluding carboxylic acids is 1. The van der Waals surface area contributed by atoms with Crippen LogP contribution in [0, 0.1) is 0 Å². The number of halogens is 1. The number of hydrogen-bond donors (Lipinski definition) is 3. The second-order valence-corrected chi connectivity index (χ2v) is 8.83. The Bertz CT molecular complexity index is 939. The number of hydrogen-bond acceptors (Lipinski definition) is 7. The first-order chi connectivity index (χ1) is 14.7. The minimum atomic E-state index is -1.59. The van der Waals surface area contributed by atoms with Crippen LogP contribution >= 0.6 is 0 Å². The maximum Gasteiger partial charge on any atom is 0.252 e. The number of aliphatic hydroxyl groups is 1. The fraction of sp³-hybridized carbons (Fsp3) is 0.571. The Kier molecular flexibility index (Phi) is 5.96. The van der Waals surface area contributed by atoms with Gasteiger partial charge in [-0.15, -0.1) is 0 Å². The number of rotatable bonds is 8. The predicted octanol–water partition coefficient (Wildman–Crippen LogP) is 1.42. The molecule has 0 aliphatic carbocycles. The van der Waals surface area contributed by atoms with Gasteiger partial charge in [-0.3, -0.25) is 19.4 Å². The van der Waals surface area contributed by atoms with Gasteiger partial charge >= 0.3 is 0 Å². The Balaban J connectivity index is 1.49. The van der Waals surface area contributed by atoms with Crippen LogP contribution in [0.15, 0.2) is 24.7 Å². The van der Waals surface area contributed by atoms with E-state index >= 15 is 0 Å². The van der Waals surface area contributed by atoms with Gasteiger partial charge < -0.3 is 20.9 Å². The van der Waals surface area contributed by atoms with Gasteiger partial charge in [-0.1, -0.05) is 0 Å². The van der Waals surface area contributed by atoms with Crippen LogP contribution in [0.3, 0.4) is 0 Å². The molecule has 168 valence electrons. The number of aromatic nitrogens is 3. The lowest BCUT2D eigenvalue weighted by molar-refractivity contribution is -0.0579. The molecule has 2 atom stereocenters. The number of likely N-dealkylation sites (tertiary alicyclic amines) is 1. The van der Waals surface area contributed by atoms with Crippen LogP contribution in [0.5, 0.6) is 0 Å². The third kappa shape index (κ3) is 4.70. The average molecular weight is 433 g/mol. The summed E-state index contributed by atoms with van der Waals surface area (Å²) in [4.78, 5) is 18.7. The van der Waals surface area contributed by atoms with Crippen LogP contribution in [-0.2, 0) is 11.2 Å². The third-order valence-corrected chi connectivity index (χ3v) is 6.00. The second kappa shape index (κ2) is 8.52. The summed E-state index contributed by atoms with van der Waals surface area (Å²) in [5.74, 6) is -0.713. The molecule has 2 aromatic heterocycles. The molecular formula is C21H29FN6O3. The molecule has 2 aliphatic rings. The van der Waals surface area contributed by atoms with Crippen molar-refractivity contribution >= 4 is 17.3 Å². The van der Waals surface area contributed by atoms with Crippen LogP contribution < -0.4 is 11.1 Å². The van der Waals surface area contributed by atoms with E-state index in [9.17, 15) is 14.3 Å². The highest BCUT2D eigenvalue weighted by molar-refractivity contribution is 6.00. The standard InChI is InChI=1S/C21H29FN6O3/c1-21(2,30)18(22)7-17-19(20(23)29)16(3-5-24-17)26-13-8-25-28(9-13)14-4-6-27(10-14)15-11-31-12-15/h3,5,8-9,14-15,18,30H,4,6-7,10-12H2,1-2H3,(H2,23,29)(H,24,26)/t14-,18-/m1/s1. The van der Waals surface area contributed by atoms with Crippen molar-refractivity contribution in [2.24, 2.45) is 5.73 Å². The fourth-order valence-electron chi connectivity index (χ4n) is 3.97. The number of nitrogens with zero attached hydrogens (tertiary/aromatic N) is 4. The van der Waals surface area contributed by atoms with E-state index in [0.717, 1.165) is 32.7 Å². The number of alkyl halides is 1. The number of nitrogens with two attached hydrogens (primary N) is 1. The van der Waals surface area contributed by atoms with Crippen LogP contribution in [0.2, 0.25) is 0 Å². The topological polar surface area (TPSA) is 119 Å². The molecule has 2 aromatic rings. The summed E-state index contributed by atoms with van der Waals surface area (Å²) in [7, 11) is 0. The molecule has 0 spiro atoms. The molecule has 4 N–H and O–H groups in total. The Morgan fingerprint density at radius 3 is 2.87 bits per heavy atom. The van der Waals surface area contributed by atoms with Crippen molar-refractivity contribution in [1.29, 1.82) is 0 Å². The first-order valence-electron chi connectivity index (χ1n) is 10.5. The first-order valence-corrected chi connectivity index (χ1v) is 10.5. The molecular weight excluding hydrogens is 403 g/mol. The van der Waals surface area contributed by atoms with Gasteiger partial charge in [-0.2, -0.15) is 5.10 Å². The quantitative estimate of drug-likeness (QED) is 0.577. The molecule has 0 aromatic carbocycles. The molecule has 1 amide bonds. The maximum atomic E-state index is 14.4. The molecule has 0 unspecified atom stereocenters. The number of nitrogens with one attached hydrogen (secondary N) is 1. The van der Waals surface area contributed by atoms with E-state index < -0.39 is 17.7 Å². The summed E-state index contributed by atoms with van der Waals surface area (Å²) in [6.45, 7) is 6.29. The van der Waals surface area contributed by atoms with Gasteiger partial charge in [0, 0.05) is 31.9 Å². The zero-order chi connectivity index (χ0) is 22.2. The van der Waals surface area contributed by atoms with Gasteiger partial charge in [-0.05, 0) is 26.3 Å². The summed E-state index contributed by atoms with van der Waals surface area (Å²) in [6.07, 6.45) is 4.26. The maximum absolute atomic E-state index is 14.4. The van der Waals surface area contributed by atoms with Gasteiger partial charge in [0.2, 0.25) is 0 Å². The number of primary amides is 1. The normalized spacial score (nSPS) is 21.1. The molecule has 9 nitrogen and oxygen atoms in total. The smallest absolute Gasteiger partial charge is 0.252 e. The van der Waals surface area contributed by atoms with Crippen LogP contribution in [0.25, 0.3) is 0 Å². The van der Waals surface area contributed by atoms with Crippen LogP contribution in [0.1, 0.15) is 42.4 Å². The van der Waals surface area contributed by atoms with E-state index in [1.165, 1.54) is 20.0 Å². The van der Waals surface area contributed by atoms with Crippen molar-refractivity contribution in [1.82, 2.24) is 19.7 Å². The van der Waals surface area contributed by atoms with Crippen LogP contribution in [0.4, 0.5) is 15.8 Å². The molecule has 2 fully saturated rings. The average Bonchev–Trinajstić information content (AvgIpc) is 3.29. The molecule has 2 saturated heterocycles. The molecule has 4 rings (SSSR count). The molecule has 0 saturated carbocycles. The summed E-state index contributed by atoms with van der Waals surface area (Å²) in [5.41, 5.74) is 5.47. The summed E-state index contributed by atoms with van der Waals surface area (Å²) in [6, 6.07) is 2.40. The monoisotopic (exact) mass is 432 g/mol. The first kappa shape index (κ1) is 21.7.